The van der Waals surface area contributed by atoms with Crippen molar-refractivity contribution < 1.29 is 14.0 Å². The summed E-state index contributed by atoms with van der Waals surface area (Å²) in [4.78, 5) is 12.1. The van der Waals surface area contributed by atoms with Crippen molar-refractivity contribution in [2.75, 3.05) is 5.32 Å². The number of rotatable bonds is 4. The largest absolute Gasteiger partial charge is 0.340 e. The van der Waals surface area contributed by atoms with Crippen LogP contribution in [0.3, 0.4) is 0 Å². The highest BCUT2D eigenvalue weighted by Gasteiger charge is 2.24. The van der Waals surface area contributed by atoms with Crippen molar-refractivity contribution >= 4 is 27.7 Å². The van der Waals surface area contributed by atoms with E-state index in [4.69, 9.17) is 4.52 Å². The maximum Gasteiger partial charge on any atom is 0.340 e. The third-order valence-corrected chi connectivity index (χ3v) is 3.85. The highest BCUT2D eigenvalue weighted by Crippen LogP contribution is 2.18. The number of benzene rings is 2. The summed E-state index contributed by atoms with van der Waals surface area (Å²) in [5.41, 5.74) is 1.64. The zero-order valence-corrected chi connectivity index (χ0v) is 13.2. The molecule has 6 heteroatoms. The molecule has 3 rings (SSSR count). The van der Waals surface area contributed by atoms with Crippen LogP contribution in [-0.4, -0.2) is 11.2 Å². The van der Waals surface area contributed by atoms with Crippen LogP contribution in [0.5, 0.6) is 0 Å². The molecule has 0 fully saturated rings. The summed E-state index contributed by atoms with van der Waals surface area (Å²) in [7, 11) is 0. The summed E-state index contributed by atoms with van der Waals surface area (Å²) in [5.74, 6) is 0.0362. The van der Waals surface area contributed by atoms with Gasteiger partial charge in [-0.15, -0.1) is 0 Å². The van der Waals surface area contributed by atoms with E-state index in [9.17, 15) is 4.79 Å². The molecular weight excluding hydrogens is 346 g/mol. The fraction of sp³-hybridized carbons (Fsp3) is 0.0625. The number of carbonyl (C=O) groups is 1. The van der Waals surface area contributed by atoms with E-state index in [1.54, 1.807) is 28.9 Å². The zero-order valence-electron chi connectivity index (χ0n) is 11.6. The van der Waals surface area contributed by atoms with Gasteiger partial charge in [0.2, 0.25) is 11.8 Å². The summed E-state index contributed by atoms with van der Waals surface area (Å²) >= 11 is 3.40. The van der Waals surface area contributed by atoms with Gasteiger partial charge in [0.15, 0.2) is 0 Å². The Morgan fingerprint density at radius 1 is 1.09 bits per heavy atom. The van der Waals surface area contributed by atoms with Crippen molar-refractivity contribution in [3.8, 4) is 0 Å². The predicted octanol–water partition coefficient (Wildman–Crippen LogP) is 3.03. The summed E-state index contributed by atoms with van der Waals surface area (Å²) in [6.07, 6.45) is 0. The molecule has 0 aliphatic rings. The number of hydrogen-bond donors (Lipinski definition) is 1. The van der Waals surface area contributed by atoms with Crippen molar-refractivity contribution in [3.63, 3.8) is 0 Å². The number of amides is 1. The molecule has 110 valence electrons. The fourth-order valence-electron chi connectivity index (χ4n) is 1.97. The fourth-order valence-corrected chi connectivity index (χ4v) is 2.34. The van der Waals surface area contributed by atoms with E-state index in [1.807, 2.05) is 36.4 Å². The van der Waals surface area contributed by atoms with Crippen LogP contribution in [0.25, 0.3) is 0 Å². The number of nitrogens with zero attached hydrogens (tertiary/aromatic N) is 2. The summed E-state index contributed by atoms with van der Waals surface area (Å²) < 4.78 is 7.41. The second-order valence-electron chi connectivity index (χ2n) is 4.66. The number of nitrogens with one attached hydrogen (secondary N) is 1. The van der Waals surface area contributed by atoms with Gasteiger partial charge < -0.3 is 0 Å². The molecule has 0 aliphatic heterocycles. The quantitative estimate of drug-likeness (QED) is 0.729. The molecule has 1 aromatic heterocycles. The number of anilines is 1. The van der Waals surface area contributed by atoms with E-state index in [2.05, 4.69) is 26.5 Å². The molecule has 1 amide bonds. The van der Waals surface area contributed by atoms with Gasteiger partial charge in [0.1, 0.15) is 0 Å². The highest BCUT2D eigenvalue weighted by atomic mass is 79.9. The van der Waals surface area contributed by atoms with Crippen molar-refractivity contribution in [2.24, 2.45) is 0 Å². The first-order chi connectivity index (χ1) is 10.7. The average Bonchev–Trinajstić information content (AvgIpc) is 2.90. The zero-order chi connectivity index (χ0) is 15.4. The van der Waals surface area contributed by atoms with Crippen LogP contribution in [0.15, 0.2) is 69.8 Å². The molecular formula is C16H13BrN3O2+. The molecule has 3 aromatic rings. The van der Waals surface area contributed by atoms with Crippen LogP contribution in [0.1, 0.15) is 15.9 Å². The van der Waals surface area contributed by atoms with Crippen molar-refractivity contribution in [3.05, 3.63) is 76.4 Å². The Morgan fingerprint density at radius 3 is 2.41 bits per heavy atom. The highest BCUT2D eigenvalue weighted by molar-refractivity contribution is 9.10. The molecule has 0 aliphatic carbocycles. The third-order valence-electron chi connectivity index (χ3n) is 3.08. The Morgan fingerprint density at radius 2 is 1.73 bits per heavy atom. The van der Waals surface area contributed by atoms with E-state index in [1.165, 1.54) is 0 Å². The Balaban J connectivity index is 1.75. The first kappa shape index (κ1) is 14.5. The minimum atomic E-state index is -0.246. The minimum absolute atomic E-state index is 0.246. The molecule has 0 unspecified atom stereocenters. The van der Waals surface area contributed by atoms with Crippen LogP contribution in [0.4, 0.5) is 5.88 Å². The normalized spacial score (nSPS) is 10.4. The molecule has 0 saturated heterocycles. The van der Waals surface area contributed by atoms with Gasteiger partial charge >= 0.3 is 10.5 Å². The number of halogens is 1. The van der Waals surface area contributed by atoms with Gasteiger partial charge in [-0.3, -0.25) is 14.6 Å². The minimum Gasteiger partial charge on any atom is -0.284 e. The Hall–Kier alpha value is -2.47. The van der Waals surface area contributed by atoms with E-state index >= 15 is 0 Å². The third kappa shape index (κ3) is 3.23. The molecule has 0 atom stereocenters. The SMILES string of the molecule is O=C(Nc1on[n+](Cc2ccccc2)c1Br)c1ccccc1. The molecule has 22 heavy (non-hydrogen) atoms. The second kappa shape index (κ2) is 6.53. The van der Waals surface area contributed by atoms with Gasteiger partial charge in [-0.1, -0.05) is 48.5 Å². The van der Waals surface area contributed by atoms with Crippen molar-refractivity contribution in [1.29, 1.82) is 0 Å². The average molecular weight is 359 g/mol. The van der Waals surface area contributed by atoms with Gasteiger partial charge in [-0.05, 0) is 16.8 Å². The lowest BCUT2D eigenvalue weighted by molar-refractivity contribution is -0.763. The molecule has 0 radical (unpaired) electrons. The van der Waals surface area contributed by atoms with Crippen molar-refractivity contribution in [2.45, 2.75) is 6.54 Å². The van der Waals surface area contributed by atoms with Crippen LogP contribution >= 0.6 is 15.9 Å². The predicted molar refractivity (Wildman–Crippen MR) is 84.3 cm³/mol. The summed E-state index contributed by atoms with van der Waals surface area (Å²) in [6, 6.07) is 18.8. The Bertz CT molecular complexity index is 773. The molecule has 0 spiro atoms. The van der Waals surface area contributed by atoms with Crippen molar-refractivity contribution in [1.82, 2.24) is 5.27 Å². The first-order valence-corrected chi connectivity index (χ1v) is 7.49. The molecule has 1 heterocycles. The van der Waals surface area contributed by atoms with Gasteiger partial charge in [0.25, 0.3) is 5.91 Å². The van der Waals surface area contributed by atoms with Gasteiger partial charge in [0, 0.05) is 27.1 Å². The summed E-state index contributed by atoms with van der Waals surface area (Å²) in [5, 5.41) is 6.63. The lowest BCUT2D eigenvalue weighted by Crippen LogP contribution is -2.37. The number of aromatic nitrogens is 2. The van der Waals surface area contributed by atoms with E-state index in [0.717, 1.165) is 5.56 Å². The first-order valence-electron chi connectivity index (χ1n) is 6.69. The van der Waals surface area contributed by atoms with Gasteiger partial charge in [-0.25, -0.2) is 0 Å². The monoisotopic (exact) mass is 358 g/mol. The van der Waals surface area contributed by atoms with Crippen LogP contribution in [-0.2, 0) is 6.54 Å². The van der Waals surface area contributed by atoms with Crippen LogP contribution < -0.4 is 10.00 Å². The van der Waals surface area contributed by atoms with E-state index < -0.39 is 0 Å². The summed E-state index contributed by atoms with van der Waals surface area (Å²) in [6.45, 7) is 0.548. The second-order valence-corrected chi connectivity index (χ2v) is 5.41. The van der Waals surface area contributed by atoms with Gasteiger partial charge in [-0.2, -0.15) is 0 Å². The molecule has 0 saturated carbocycles. The maximum atomic E-state index is 12.1. The standard InChI is InChI=1S/C16H12BrN3O2/c17-14-16(18-15(21)13-9-5-2-6-10-13)22-19-20(14)11-12-7-3-1-4-8-12/h1-10H,11H2/p+1. The van der Waals surface area contributed by atoms with Crippen LogP contribution in [0, 0.1) is 0 Å². The maximum absolute atomic E-state index is 12.1. The number of hydrogen-bond acceptors (Lipinski definition) is 3. The topological polar surface area (TPSA) is 59.0 Å². The molecule has 2 aromatic carbocycles. The lowest BCUT2D eigenvalue weighted by atomic mass is 10.2. The number of carbonyl (C=O) groups excluding carboxylic acids is 1. The van der Waals surface area contributed by atoms with E-state index in [0.29, 0.717) is 16.7 Å². The Kier molecular flexibility index (Phi) is 4.29. The molecule has 0 bridgehead atoms. The smallest absolute Gasteiger partial charge is 0.284 e. The van der Waals surface area contributed by atoms with Crippen LogP contribution in [0.2, 0.25) is 0 Å². The van der Waals surface area contributed by atoms with E-state index in [-0.39, 0.29) is 11.8 Å². The lowest BCUT2D eigenvalue weighted by Gasteiger charge is -1.99. The van der Waals surface area contributed by atoms with Gasteiger partial charge in [0.05, 0.1) is 0 Å². The Labute approximate surface area is 135 Å². The molecule has 5 nitrogen and oxygen atoms in total. The molecule has 1 N–H and O–H groups in total.